The van der Waals surface area contributed by atoms with Crippen LogP contribution in [-0.2, 0) is 14.4 Å². The Morgan fingerprint density at radius 1 is 0.952 bits per heavy atom. The van der Waals surface area contributed by atoms with Gasteiger partial charge in [0.2, 0.25) is 17.7 Å². The second-order valence-corrected chi connectivity index (χ2v) is 6.32. The molecule has 2 saturated heterocycles. The Labute approximate surface area is 124 Å². The molecule has 1 unspecified atom stereocenters. The summed E-state index contributed by atoms with van der Waals surface area (Å²) >= 11 is 0. The zero-order valence-corrected chi connectivity index (χ0v) is 12.3. The van der Waals surface area contributed by atoms with Crippen molar-refractivity contribution >= 4 is 17.7 Å². The smallest absolute Gasteiger partial charge is 0.227 e. The van der Waals surface area contributed by atoms with E-state index in [1.165, 1.54) is 0 Å². The predicted molar refractivity (Wildman–Crippen MR) is 76.2 cm³/mol. The van der Waals surface area contributed by atoms with Crippen molar-refractivity contribution in [2.45, 2.75) is 32.1 Å². The Bertz CT molecular complexity index is 447. The molecule has 3 fully saturated rings. The van der Waals surface area contributed by atoms with E-state index in [0.29, 0.717) is 32.6 Å². The lowest BCUT2D eigenvalue weighted by molar-refractivity contribution is -0.141. The lowest BCUT2D eigenvalue weighted by atomic mass is 9.96. The van der Waals surface area contributed by atoms with Gasteiger partial charge in [-0.05, 0) is 25.7 Å². The van der Waals surface area contributed by atoms with Gasteiger partial charge < -0.3 is 15.1 Å². The molecule has 0 aromatic rings. The molecule has 116 valence electrons. The maximum atomic E-state index is 12.6. The first-order valence-electron chi connectivity index (χ1n) is 7.99. The van der Waals surface area contributed by atoms with E-state index in [4.69, 9.17) is 0 Å². The lowest BCUT2D eigenvalue weighted by Gasteiger charge is -2.34. The van der Waals surface area contributed by atoms with Crippen LogP contribution in [0.25, 0.3) is 0 Å². The fraction of sp³-hybridized carbons (Fsp3) is 0.800. The summed E-state index contributed by atoms with van der Waals surface area (Å²) in [7, 11) is 0. The van der Waals surface area contributed by atoms with Crippen LogP contribution in [0.2, 0.25) is 0 Å². The molecule has 3 rings (SSSR count). The number of nitrogens with zero attached hydrogens (tertiary/aromatic N) is 2. The highest BCUT2D eigenvalue weighted by Gasteiger charge is 2.37. The quantitative estimate of drug-likeness (QED) is 0.778. The molecule has 3 aliphatic rings. The second-order valence-electron chi connectivity index (χ2n) is 6.32. The molecule has 1 aliphatic carbocycles. The number of hydrogen-bond donors (Lipinski definition) is 1. The van der Waals surface area contributed by atoms with Gasteiger partial charge in [-0.3, -0.25) is 14.4 Å². The van der Waals surface area contributed by atoms with Crippen LogP contribution in [0.1, 0.15) is 32.1 Å². The second kappa shape index (κ2) is 6.03. The SMILES string of the molecule is O=C1CCN(C(=O)C2CCCN(C(=O)C3CC3)C2)CCN1. The van der Waals surface area contributed by atoms with Crippen molar-refractivity contribution in [1.29, 1.82) is 0 Å². The van der Waals surface area contributed by atoms with Gasteiger partial charge >= 0.3 is 0 Å². The van der Waals surface area contributed by atoms with Gasteiger partial charge in [0.15, 0.2) is 0 Å². The Morgan fingerprint density at radius 2 is 1.71 bits per heavy atom. The molecule has 0 spiro atoms. The minimum atomic E-state index is -0.0883. The fourth-order valence-electron chi connectivity index (χ4n) is 3.21. The molecule has 2 heterocycles. The predicted octanol–water partition coefficient (Wildman–Crippen LogP) is -0.0165. The molecule has 1 saturated carbocycles. The summed E-state index contributed by atoms with van der Waals surface area (Å²) in [6.07, 6.45) is 4.15. The Kier molecular flexibility index (Phi) is 4.12. The van der Waals surface area contributed by atoms with Gasteiger partial charge in [0.1, 0.15) is 0 Å². The highest BCUT2D eigenvalue weighted by Crippen LogP contribution is 2.32. The van der Waals surface area contributed by atoms with Crippen LogP contribution in [-0.4, -0.2) is 60.2 Å². The first-order valence-corrected chi connectivity index (χ1v) is 7.99. The average Bonchev–Trinajstić information content (AvgIpc) is 3.34. The third kappa shape index (κ3) is 3.36. The summed E-state index contributed by atoms with van der Waals surface area (Å²) in [5.41, 5.74) is 0. The molecular weight excluding hydrogens is 270 g/mol. The van der Waals surface area contributed by atoms with Gasteiger partial charge in [0.25, 0.3) is 0 Å². The van der Waals surface area contributed by atoms with Crippen molar-refractivity contribution < 1.29 is 14.4 Å². The molecule has 6 heteroatoms. The number of carbonyl (C=O) groups is 3. The summed E-state index contributed by atoms with van der Waals surface area (Å²) in [5, 5.41) is 2.79. The highest BCUT2D eigenvalue weighted by molar-refractivity contribution is 5.84. The summed E-state index contributed by atoms with van der Waals surface area (Å²) in [4.78, 5) is 39.8. The van der Waals surface area contributed by atoms with E-state index in [9.17, 15) is 14.4 Å². The Balaban J connectivity index is 1.58. The fourth-order valence-corrected chi connectivity index (χ4v) is 3.21. The third-order valence-corrected chi connectivity index (χ3v) is 4.63. The van der Waals surface area contributed by atoms with E-state index in [1.54, 1.807) is 4.90 Å². The zero-order valence-electron chi connectivity index (χ0n) is 12.3. The maximum Gasteiger partial charge on any atom is 0.227 e. The van der Waals surface area contributed by atoms with Crippen LogP contribution < -0.4 is 5.32 Å². The Morgan fingerprint density at radius 3 is 2.48 bits per heavy atom. The number of rotatable bonds is 2. The molecule has 1 atom stereocenters. The van der Waals surface area contributed by atoms with Crippen molar-refractivity contribution in [2.75, 3.05) is 32.7 Å². The van der Waals surface area contributed by atoms with Crippen LogP contribution in [0.15, 0.2) is 0 Å². The van der Waals surface area contributed by atoms with Crippen LogP contribution in [0.5, 0.6) is 0 Å². The number of likely N-dealkylation sites (tertiary alicyclic amines) is 1. The largest absolute Gasteiger partial charge is 0.354 e. The summed E-state index contributed by atoms with van der Waals surface area (Å²) in [5.74, 6) is 0.494. The van der Waals surface area contributed by atoms with Crippen molar-refractivity contribution in [1.82, 2.24) is 15.1 Å². The van der Waals surface area contributed by atoms with Crippen molar-refractivity contribution in [2.24, 2.45) is 11.8 Å². The van der Waals surface area contributed by atoms with Gasteiger partial charge in [0, 0.05) is 45.1 Å². The molecule has 0 aromatic heterocycles. The van der Waals surface area contributed by atoms with E-state index in [0.717, 1.165) is 32.2 Å². The van der Waals surface area contributed by atoms with Crippen LogP contribution in [0.4, 0.5) is 0 Å². The van der Waals surface area contributed by atoms with E-state index >= 15 is 0 Å². The summed E-state index contributed by atoms with van der Waals surface area (Å²) in [6.45, 7) is 2.96. The summed E-state index contributed by atoms with van der Waals surface area (Å²) in [6, 6.07) is 0. The lowest BCUT2D eigenvalue weighted by Crippen LogP contribution is -2.47. The van der Waals surface area contributed by atoms with Crippen LogP contribution >= 0.6 is 0 Å². The van der Waals surface area contributed by atoms with Gasteiger partial charge in [-0.2, -0.15) is 0 Å². The number of piperidine rings is 1. The van der Waals surface area contributed by atoms with Gasteiger partial charge in [0.05, 0.1) is 5.92 Å². The normalized spacial score (nSPS) is 27.0. The highest BCUT2D eigenvalue weighted by atomic mass is 16.2. The molecule has 2 aliphatic heterocycles. The topological polar surface area (TPSA) is 69.7 Å². The Hall–Kier alpha value is -1.59. The molecular formula is C15H23N3O3. The molecule has 3 amide bonds. The number of nitrogens with one attached hydrogen (secondary N) is 1. The molecule has 0 radical (unpaired) electrons. The zero-order chi connectivity index (χ0) is 14.8. The standard InChI is InChI=1S/C15H23N3O3/c19-13-5-8-17(9-6-16-13)15(21)12-2-1-7-18(10-12)14(20)11-3-4-11/h11-12H,1-10H2,(H,16,19). The number of amides is 3. The van der Waals surface area contributed by atoms with Crippen molar-refractivity contribution in [3.05, 3.63) is 0 Å². The van der Waals surface area contributed by atoms with Crippen LogP contribution in [0, 0.1) is 11.8 Å². The minimum Gasteiger partial charge on any atom is -0.354 e. The monoisotopic (exact) mass is 293 g/mol. The molecule has 6 nitrogen and oxygen atoms in total. The molecule has 1 N–H and O–H groups in total. The van der Waals surface area contributed by atoms with E-state index < -0.39 is 0 Å². The van der Waals surface area contributed by atoms with Gasteiger partial charge in [-0.1, -0.05) is 0 Å². The van der Waals surface area contributed by atoms with Gasteiger partial charge in [-0.25, -0.2) is 0 Å². The number of hydrogen-bond acceptors (Lipinski definition) is 3. The van der Waals surface area contributed by atoms with Gasteiger partial charge in [-0.15, -0.1) is 0 Å². The maximum absolute atomic E-state index is 12.6. The third-order valence-electron chi connectivity index (χ3n) is 4.63. The van der Waals surface area contributed by atoms with E-state index in [1.807, 2.05) is 4.90 Å². The summed E-state index contributed by atoms with van der Waals surface area (Å²) < 4.78 is 0. The van der Waals surface area contributed by atoms with E-state index in [2.05, 4.69) is 5.32 Å². The molecule has 0 aromatic carbocycles. The van der Waals surface area contributed by atoms with E-state index in [-0.39, 0.29) is 29.6 Å². The van der Waals surface area contributed by atoms with Crippen molar-refractivity contribution in [3.63, 3.8) is 0 Å². The average molecular weight is 293 g/mol. The van der Waals surface area contributed by atoms with Crippen LogP contribution in [0.3, 0.4) is 0 Å². The molecule has 21 heavy (non-hydrogen) atoms. The molecule has 0 bridgehead atoms. The first kappa shape index (κ1) is 14.4. The number of carbonyl (C=O) groups excluding carboxylic acids is 3. The van der Waals surface area contributed by atoms with Crippen molar-refractivity contribution in [3.8, 4) is 0 Å². The minimum absolute atomic E-state index is 0.0134. The first-order chi connectivity index (χ1) is 10.1.